The van der Waals surface area contributed by atoms with Gasteiger partial charge in [0, 0.05) is 19.8 Å². The molecule has 1 unspecified atom stereocenters. The number of rotatable bonds is 4. The first-order chi connectivity index (χ1) is 7.15. The van der Waals surface area contributed by atoms with E-state index in [1.807, 2.05) is 13.8 Å². The molecule has 0 saturated heterocycles. The Morgan fingerprint density at radius 3 is 2.47 bits per heavy atom. The Balaban J connectivity index is 2.48. The molecule has 2 heteroatoms. The van der Waals surface area contributed by atoms with Gasteiger partial charge in [0.25, 0.3) is 0 Å². The third kappa shape index (κ3) is 3.84. The van der Waals surface area contributed by atoms with E-state index in [4.69, 9.17) is 0 Å². The Hall–Kier alpha value is -0.530. The molecule has 2 nitrogen and oxygen atoms in total. The van der Waals surface area contributed by atoms with Gasteiger partial charge in [0.1, 0.15) is 0 Å². The summed E-state index contributed by atoms with van der Waals surface area (Å²) >= 11 is 0. The fourth-order valence-electron chi connectivity index (χ4n) is 2.44. The van der Waals surface area contributed by atoms with E-state index in [0.29, 0.717) is 0 Å². The lowest BCUT2D eigenvalue weighted by Crippen LogP contribution is -2.24. The standard InChI is InChI=1S/C13H25NO/c1-4-11(2)14(15)12(3)10-13-8-6-5-7-9-13/h11,13H,4-10H2,1-3H3/b14-12-. The van der Waals surface area contributed by atoms with E-state index in [1.165, 1.54) is 36.8 Å². The molecule has 0 amide bonds. The minimum Gasteiger partial charge on any atom is -0.624 e. The van der Waals surface area contributed by atoms with Crippen LogP contribution < -0.4 is 0 Å². The summed E-state index contributed by atoms with van der Waals surface area (Å²) in [5.41, 5.74) is 1.04. The van der Waals surface area contributed by atoms with Gasteiger partial charge in [-0.15, -0.1) is 0 Å². The Labute approximate surface area is 94.0 Å². The molecule has 0 radical (unpaired) electrons. The van der Waals surface area contributed by atoms with Crippen molar-refractivity contribution < 1.29 is 4.74 Å². The molecule has 0 bridgehead atoms. The van der Waals surface area contributed by atoms with Gasteiger partial charge in [0.2, 0.25) is 0 Å². The van der Waals surface area contributed by atoms with Gasteiger partial charge in [0.05, 0.1) is 0 Å². The van der Waals surface area contributed by atoms with Crippen molar-refractivity contribution in [2.45, 2.75) is 71.8 Å². The largest absolute Gasteiger partial charge is 0.624 e. The molecule has 0 spiro atoms. The highest BCUT2D eigenvalue weighted by Crippen LogP contribution is 2.26. The topological polar surface area (TPSA) is 26.1 Å². The highest BCUT2D eigenvalue weighted by atomic mass is 16.5. The summed E-state index contributed by atoms with van der Waals surface area (Å²) in [6.45, 7) is 6.09. The van der Waals surface area contributed by atoms with Crippen LogP contribution in [-0.4, -0.2) is 16.5 Å². The molecular formula is C13H25NO. The summed E-state index contributed by atoms with van der Waals surface area (Å²) in [4.78, 5) is 0. The summed E-state index contributed by atoms with van der Waals surface area (Å²) in [5.74, 6) is 0.777. The van der Waals surface area contributed by atoms with Gasteiger partial charge in [-0.25, -0.2) is 4.74 Å². The molecule has 1 rings (SSSR count). The van der Waals surface area contributed by atoms with Crippen LogP contribution in [0.2, 0.25) is 0 Å². The molecule has 15 heavy (non-hydrogen) atoms. The molecule has 0 aromatic heterocycles. The maximum Gasteiger partial charge on any atom is 0.160 e. The molecule has 88 valence electrons. The summed E-state index contributed by atoms with van der Waals surface area (Å²) in [5, 5.41) is 11.8. The first kappa shape index (κ1) is 12.5. The Morgan fingerprint density at radius 2 is 1.93 bits per heavy atom. The Morgan fingerprint density at radius 1 is 1.33 bits per heavy atom. The van der Waals surface area contributed by atoms with Crippen LogP contribution in [0.3, 0.4) is 0 Å². The van der Waals surface area contributed by atoms with Crippen molar-refractivity contribution in [3.8, 4) is 0 Å². The van der Waals surface area contributed by atoms with E-state index in [9.17, 15) is 5.21 Å². The zero-order valence-corrected chi connectivity index (χ0v) is 10.5. The fourth-order valence-corrected chi connectivity index (χ4v) is 2.44. The average molecular weight is 211 g/mol. The van der Waals surface area contributed by atoms with E-state index in [0.717, 1.165) is 24.5 Å². The monoisotopic (exact) mass is 211 g/mol. The van der Waals surface area contributed by atoms with Gasteiger partial charge < -0.3 is 5.21 Å². The minimum absolute atomic E-state index is 0.147. The average Bonchev–Trinajstić information content (AvgIpc) is 2.28. The zero-order valence-electron chi connectivity index (χ0n) is 10.5. The molecule has 0 aromatic carbocycles. The van der Waals surface area contributed by atoms with Crippen LogP contribution in [-0.2, 0) is 0 Å². The van der Waals surface area contributed by atoms with Gasteiger partial charge in [-0.2, -0.15) is 0 Å². The van der Waals surface area contributed by atoms with Crippen molar-refractivity contribution in [1.29, 1.82) is 0 Å². The van der Waals surface area contributed by atoms with Crippen molar-refractivity contribution in [3.63, 3.8) is 0 Å². The SMILES string of the molecule is CCC(C)/[N+]([O-])=C(\C)CC1CCCCC1. The molecule has 0 aromatic rings. The lowest BCUT2D eigenvalue weighted by atomic mass is 9.86. The van der Waals surface area contributed by atoms with Crippen molar-refractivity contribution >= 4 is 5.71 Å². The van der Waals surface area contributed by atoms with Crippen LogP contribution in [0, 0.1) is 11.1 Å². The van der Waals surface area contributed by atoms with Gasteiger partial charge in [0.15, 0.2) is 11.8 Å². The van der Waals surface area contributed by atoms with E-state index in [2.05, 4.69) is 6.92 Å². The molecule has 1 atom stereocenters. The smallest absolute Gasteiger partial charge is 0.160 e. The molecule has 1 aliphatic carbocycles. The number of hydrogen-bond donors (Lipinski definition) is 0. The second-order valence-electron chi connectivity index (χ2n) is 5.03. The van der Waals surface area contributed by atoms with Gasteiger partial charge in [-0.3, -0.25) is 0 Å². The third-order valence-electron chi connectivity index (χ3n) is 3.68. The zero-order chi connectivity index (χ0) is 11.3. The second kappa shape index (κ2) is 6.14. The molecule has 0 heterocycles. The molecule has 1 aliphatic rings. The van der Waals surface area contributed by atoms with Crippen LogP contribution in [0.1, 0.15) is 65.7 Å². The molecule has 1 saturated carbocycles. The summed E-state index contributed by atoms with van der Waals surface area (Å²) in [6, 6.07) is 0.147. The van der Waals surface area contributed by atoms with Crippen LogP contribution >= 0.6 is 0 Å². The highest BCUT2D eigenvalue weighted by molar-refractivity contribution is 5.77. The Kier molecular flexibility index (Phi) is 5.13. The molecule has 0 N–H and O–H groups in total. The Bertz CT molecular complexity index is 217. The van der Waals surface area contributed by atoms with Crippen molar-refractivity contribution in [2.24, 2.45) is 5.92 Å². The van der Waals surface area contributed by atoms with Crippen LogP contribution in [0.25, 0.3) is 0 Å². The van der Waals surface area contributed by atoms with E-state index in [-0.39, 0.29) is 6.04 Å². The van der Waals surface area contributed by atoms with Crippen molar-refractivity contribution in [1.82, 2.24) is 0 Å². The van der Waals surface area contributed by atoms with Crippen LogP contribution in [0.5, 0.6) is 0 Å². The lowest BCUT2D eigenvalue weighted by molar-refractivity contribution is -0.499. The van der Waals surface area contributed by atoms with Crippen LogP contribution in [0.4, 0.5) is 0 Å². The second-order valence-corrected chi connectivity index (χ2v) is 5.03. The highest BCUT2D eigenvalue weighted by Gasteiger charge is 2.18. The minimum atomic E-state index is 0.147. The summed E-state index contributed by atoms with van der Waals surface area (Å²) < 4.78 is 1.23. The lowest BCUT2D eigenvalue weighted by Gasteiger charge is -2.22. The van der Waals surface area contributed by atoms with Gasteiger partial charge in [-0.1, -0.05) is 26.2 Å². The number of hydroxylamine groups is 1. The predicted molar refractivity (Wildman–Crippen MR) is 65.3 cm³/mol. The van der Waals surface area contributed by atoms with Crippen LogP contribution in [0.15, 0.2) is 0 Å². The molecule has 1 fully saturated rings. The number of nitrogens with zero attached hydrogens (tertiary/aromatic N) is 1. The fraction of sp³-hybridized carbons (Fsp3) is 0.923. The molecular weight excluding hydrogens is 186 g/mol. The summed E-state index contributed by atoms with van der Waals surface area (Å²) in [7, 11) is 0. The van der Waals surface area contributed by atoms with Crippen molar-refractivity contribution in [3.05, 3.63) is 5.21 Å². The maximum atomic E-state index is 11.8. The normalized spacial score (nSPS) is 22.3. The van der Waals surface area contributed by atoms with Gasteiger partial charge in [-0.05, 0) is 25.7 Å². The quantitative estimate of drug-likeness (QED) is 0.301. The van der Waals surface area contributed by atoms with E-state index < -0.39 is 0 Å². The first-order valence-electron chi connectivity index (χ1n) is 6.44. The predicted octanol–water partition coefficient (Wildman–Crippen LogP) is 3.73. The van der Waals surface area contributed by atoms with Gasteiger partial charge >= 0.3 is 0 Å². The van der Waals surface area contributed by atoms with Crippen molar-refractivity contribution in [2.75, 3.05) is 0 Å². The van der Waals surface area contributed by atoms with E-state index >= 15 is 0 Å². The number of hydrogen-bond acceptors (Lipinski definition) is 1. The summed E-state index contributed by atoms with van der Waals surface area (Å²) in [6.07, 6.45) is 8.72. The first-order valence-corrected chi connectivity index (χ1v) is 6.44. The third-order valence-corrected chi connectivity index (χ3v) is 3.68. The maximum absolute atomic E-state index is 11.8. The van der Waals surface area contributed by atoms with E-state index in [1.54, 1.807) is 0 Å². The molecule has 0 aliphatic heterocycles.